The molecule has 1 aliphatic heterocycles. The van der Waals surface area contributed by atoms with Crippen molar-refractivity contribution >= 4 is 17.4 Å². The molecule has 0 saturated carbocycles. The lowest BCUT2D eigenvalue weighted by Gasteiger charge is -2.37. The van der Waals surface area contributed by atoms with Crippen molar-refractivity contribution < 1.29 is 23.8 Å². The summed E-state index contributed by atoms with van der Waals surface area (Å²) in [6.07, 6.45) is 0.950. The van der Waals surface area contributed by atoms with Gasteiger partial charge < -0.3 is 24.8 Å². The van der Waals surface area contributed by atoms with E-state index in [1.165, 1.54) is 0 Å². The molecule has 2 aliphatic rings. The van der Waals surface area contributed by atoms with Crippen LogP contribution < -0.4 is 24.8 Å². The fourth-order valence-corrected chi connectivity index (χ4v) is 5.80. The SMILES string of the molecule is CCOc1cccc([C@@H]2C(C(=O)Nc3ccc(C)cc3)=C(C)NC3=C2C(=O)C[C@H](c2ccc(OC)c(OC)c2)C3)c1. The van der Waals surface area contributed by atoms with Crippen molar-refractivity contribution in [1.29, 1.82) is 0 Å². The van der Waals surface area contributed by atoms with E-state index in [1.807, 2.05) is 87.5 Å². The average molecular weight is 553 g/mol. The van der Waals surface area contributed by atoms with Gasteiger partial charge in [0.15, 0.2) is 17.3 Å². The highest BCUT2D eigenvalue weighted by molar-refractivity contribution is 6.10. The van der Waals surface area contributed by atoms with Gasteiger partial charge in [0.25, 0.3) is 5.91 Å². The Morgan fingerprint density at radius 3 is 2.39 bits per heavy atom. The number of hydrogen-bond donors (Lipinski definition) is 2. The van der Waals surface area contributed by atoms with Gasteiger partial charge in [0.1, 0.15) is 5.75 Å². The number of carbonyl (C=O) groups excluding carboxylic acids is 2. The van der Waals surface area contributed by atoms with Crippen LogP contribution in [0.2, 0.25) is 0 Å². The molecule has 2 N–H and O–H groups in total. The summed E-state index contributed by atoms with van der Waals surface area (Å²) >= 11 is 0. The largest absolute Gasteiger partial charge is 0.494 e. The molecule has 1 aliphatic carbocycles. The molecule has 1 heterocycles. The van der Waals surface area contributed by atoms with E-state index in [0.29, 0.717) is 53.5 Å². The highest BCUT2D eigenvalue weighted by Crippen LogP contribution is 2.47. The number of hydrogen-bond acceptors (Lipinski definition) is 6. The van der Waals surface area contributed by atoms with Crippen molar-refractivity contribution in [2.75, 3.05) is 26.1 Å². The Balaban J connectivity index is 1.55. The van der Waals surface area contributed by atoms with Crippen LogP contribution in [0.4, 0.5) is 5.69 Å². The Morgan fingerprint density at radius 2 is 1.68 bits per heavy atom. The first-order valence-corrected chi connectivity index (χ1v) is 13.9. The number of aryl methyl sites for hydroxylation is 1. The zero-order chi connectivity index (χ0) is 29.1. The molecule has 1 amide bonds. The fourth-order valence-electron chi connectivity index (χ4n) is 5.80. The summed E-state index contributed by atoms with van der Waals surface area (Å²) in [5.74, 6) is 1.17. The third-order valence-corrected chi connectivity index (χ3v) is 7.76. The normalized spacial score (nSPS) is 18.4. The summed E-state index contributed by atoms with van der Waals surface area (Å²) in [7, 11) is 3.21. The first kappa shape index (κ1) is 28.0. The van der Waals surface area contributed by atoms with E-state index in [9.17, 15) is 9.59 Å². The summed E-state index contributed by atoms with van der Waals surface area (Å²) < 4.78 is 16.7. The summed E-state index contributed by atoms with van der Waals surface area (Å²) in [6, 6.07) is 21.2. The Kier molecular flexibility index (Phi) is 8.15. The molecule has 0 bridgehead atoms. The first-order valence-electron chi connectivity index (χ1n) is 13.9. The minimum absolute atomic E-state index is 0.0125. The second-order valence-electron chi connectivity index (χ2n) is 10.5. The van der Waals surface area contributed by atoms with Crippen LogP contribution in [0, 0.1) is 6.92 Å². The maximum Gasteiger partial charge on any atom is 0.254 e. The highest BCUT2D eigenvalue weighted by atomic mass is 16.5. The van der Waals surface area contributed by atoms with E-state index >= 15 is 0 Å². The van der Waals surface area contributed by atoms with Gasteiger partial charge in [0.2, 0.25) is 0 Å². The summed E-state index contributed by atoms with van der Waals surface area (Å²) in [5.41, 5.74) is 6.38. The molecular weight excluding hydrogens is 516 g/mol. The second kappa shape index (κ2) is 11.9. The molecule has 3 aromatic rings. The number of methoxy groups -OCH3 is 2. The number of ether oxygens (including phenoxy) is 3. The van der Waals surface area contributed by atoms with E-state index in [1.54, 1.807) is 14.2 Å². The number of nitrogens with one attached hydrogen (secondary N) is 2. The summed E-state index contributed by atoms with van der Waals surface area (Å²) in [6.45, 7) is 6.35. The lowest BCUT2D eigenvalue weighted by atomic mass is 9.71. The Bertz CT molecular complexity index is 1540. The zero-order valence-electron chi connectivity index (χ0n) is 24.2. The summed E-state index contributed by atoms with van der Waals surface area (Å²) in [5, 5.41) is 6.50. The Morgan fingerprint density at radius 1 is 0.927 bits per heavy atom. The fraction of sp³-hybridized carbons (Fsp3) is 0.294. The number of anilines is 1. The van der Waals surface area contributed by atoms with Crippen LogP contribution in [-0.2, 0) is 9.59 Å². The molecule has 0 unspecified atom stereocenters. The number of dihydropyridines is 1. The minimum atomic E-state index is -0.532. The van der Waals surface area contributed by atoms with Crippen LogP contribution in [-0.4, -0.2) is 32.5 Å². The van der Waals surface area contributed by atoms with Crippen molar-refractivity contribution in [2.24, 2.45) is 0 Å². The van der Waals surface area contributed by atoms with Crippen LogP contribution in [0.25, 0.3) is 0 Å². The zero-order valence-corrected chi connectivity index (χ0v) is 24.2. The van der Waals surface area contributed by atoms with Crippen LogP contribution in [0.15, 0.2) is 89.3 Å². The number of benzene rings is 3. The summed E-state index contributed by atoms with van der Waals surface area (Å²) in [4.78, 5) is 27.9. The molecule has 3 aromatic carbocycles. The average Bonchev–Trinajstić information content (AvgIpc) is 2.97. The highest BCUT2D eigenvalue weighted by Gasteiger charge is 2.41. The molecule has 0 aromatic heterocycles. The van der Waals surface area contributed by atoms with Crippen LogP contribution in [0.5, 0.6) is 17.2 Å². The van der Waals surface area contributed by atoms with E-state index in [0.717, 1.165) is 28.1 Å². The quantitative estimate of drug-likeness (QED) is 0.336. The molecule has 0 saturated heterocycles. The molecule has 7 nitrogen and oxygen atoms in total. The van der Waals surface area contributed by atoms with Gasteiger partial charge in [-0.05, 0) is 80.6 Å². The molecule has 0 radical (unpaired) electrons. The van der Waals surface area contributed by atoms with Gasteiger partial charge in [0.05, 0.1) is 20.8 Å². The number of carbonyl (C=O) groups is 2. The molecular formula is C34H36N2O5. The van der Waals surface area contributed by atoms with Crippen LogP contribution >= 0.6 is 0 Å². The second-order valence-corrected chi connectivity index (χ2v) is 10.5. The van der Waals surface area contributed by atoms with E-state index < -0.39 is 5.92 Å². The van der Waals surface area contributed by atoms with E-state index in [4.69, 9.17) is 14.2 Å². The van der Waals surface area contributed by atoms with Crippen molar-refractivity contribution in [2.45, 2.75) is 45.4 Å². The van der Waals surface area contributed by atoms with Gasteiger partial charge in [-0.2, -0.15) is 0 Å². The maximum atomic E-state index is 14.0. The van der Waals surface area contributed by atoms with Gasteiger partial charge >= 0.3 is 0 Å². The molecule has 41 heavy (non-hydrogen) atoms. The molecule has 0 fully saturated rings. The third-order valence-electron chi connectivity index (χ3n) is 7.76. The number of amides is 1. The Labute approximate surface area is 241 Å². The number of Topliss-reactive ketones (excluding diaryl/α,β-unsaturated/α-hetero) is 1. The van der Waals surface area contributed by atoms with Crippen molar-refractivity contribution in [3.8, 4) is 17.2 Å². The lowest BCUT2D eigenvalue weighted by Crippen LogP contribution is -2.37. The predicted molar refractivity (Wildman–Crippen MR) is 160 cm³/mol. The van der Waals surface area contributed by atoms with Gasteiger partial charge in [-0.1, -0.05) is 35.9 Å². The Hall–Kier alpha value is -4.52. The molecule has 2 atom stereocenters. The predicted octanol–water partition coefficient (Wildman–Crippen LogP) is 6.41. The van der Waals surface area contributed by atoms with Crippen LogP contribution in [0.3, 0.4) is 0 Å². The maximum absolute atomic E-state index is 14.0. The topological polar surface area (TPSA) is 85.9 Å². The minimum Gasteiger partial charge on any atom is -0.494 e. The molecule has 5 rings (SSSR count). The van der Waals surface area contributed by atoms with Gasteiger partial charge in [0, 0.05) is 40.6 Å². The first-order chi connectivity index (χ1) is 19.8. The number of rotatable bonds is 8. The van der Waals surface area contributed by atoms with Crippen LogP contribution in [0.1, 0.15) is 55.2 Å². The third kappa shape index (κ3) is 5.71. The lowest BCUT2D eigenvalue weighted by molar-refractivity contribution is -0.116. The van der Waals surface area contributed by atoms with Gasteiger partial charge in [-0.15, -0.1) is 0 Å². The monoisotopic (exact) mass is 552 g/mol. The van der Waals surface area contributed by atoms with Gasteiger partial charge in [-0.3, -0.25) is 9.59 Å². The smallest absolute Gasteiger partial charge is 0.254 e. The number of allylic oxidation sites excluding steroid dienone is 3. The standard InChI is InChI=1S/C34H36N2O5/c1-6-41-26-9-7-8-23(16-26)32-31(34(38)36-25-13-10-20(2)11-14-25)21(3)35-27-17-24(18-28(37)33(27)32)22-12-15-29(39-4)30(19-22)40-5/h7-16,19,24,32,35H,6,17-18H2,1-5H3,(H,36,38)/t24-,32-/m1/s1. The molecule has 0 spiro atoms. The van der Waals surface area contributed by atoms with E-state index in [2.05, 4.69) is 10.6 Å². The molecule has 7 heteroatoms. The van der Waals surface area contributed by atoms with E-state index in [-0.39, 0.29) is 17.6 Å². The van der Waals surface area contributed by atoms with Gasteiger partial charge in [-0.25, -0.2) is 0 Å². The van der Waals surface area contributed by atoms with Crippen molar-refractivity contribution in [3.05, 3.63) is 106 Å². The van der Waals surface area contributed by atoms with Crippen molar-refractivity contribution in [1.82, 2.24) is 5.32 Å². The number of ketones is 1. The van der Waals surface area contributed by atoms with Crippen molar-refractivity contribution in [3.63, 3.8) is 0 Å². The molecule has 212 valence electrons.